The molecule has 1 fully saturated rings. The van der Waals surface area contributed by atoms with Crippen molar-refractivity contribution in [2.24, 2.45) is 5.73 Å². The van der Waals surface area contributed by atoms with E-state index >= 15 is 0 Å². The van der Waals surface area contributed by atoms with Crippen molar-refractivity contribution in [2.45, 2.75) is 57.5 Å². The number of hydrogen-bond donors (Lipinski definition) is 2. The van der Waals surface area contributed by atoms with Gasteiger partial charge in [0.1, 0.15) is 12.1 Å². The van der Waals surface area contributed by atoms with Crippen LogP contribution in [0.2, 0.25) is 0 Å². The Hall–Kier alpha value is -2.02. The van der Waals surface area contributed by atoms with Crippen LogP contribution in [-0.4, -0.2) is 26.2 Å². The number of hydrogen-bond acceptors (Lipinski definition) is 7. The van der Waals surface area contributed by atoms with Crippen LogP contribution in [0.25, 0.3) is 0 Å². The van der Waals surface area contributed by atoms with Gasteiger partial charge in [-0.2, -0.15) is 4.98 Å². The zero-order valence-electron chi connectivity index (χ0n) is 13.2. The molecule has 0 saturated heterocycles. The molecule has 3 N–H and O–H groups in total. The summed E-state index contributed by atoms with van der Waals surface area (Å²) in [6.45, 7) is 6.60. The quantitative estimate of drug-likeness (QED) is 0.890. The van der Waals surface area contributed by atoms with Crippen LogP contribution in [0.1, 0.15) is 56.9 Å². The number of aromatic nitrogens is 4. The van der Waals surface area contributed by atoms with E-state index in [1.807, 2.05) is 6.07 Å². The molecule has 2 heterocycles. The van der Waals surface area contributed by atoms with Gasteiger partial charge in [0.25, 0.3) is 0 Å². The fraction of sp³-hybridized carbons (Fsp3) is 0.600. The maximum absolute atomic E-state index is 5.83. The molecule has 1 aliphatic rings. The Morgan fingerprint density at radius 2 is 2.09 bits per heavy atom. The molecule has 0 amide bonds. The summed E-state index contributed by atoms with van der Waals surface area (Å²) in [7, 11) is 0. The highest BCUT2D eigenvalue weighted by Crippen LogP contribution is 2.34. The predicted molar refractivity (Wildman–Crippen MR) is 82.3 cm³/mol. The summed E-state index contributed by atoms with van der Waals surface area (Å²) in [6, 6.07) is 2.28. The van der Waals surface area contributed by atoms with Crippen molar-refractivity contribution < 1.29 is 4.52 Å². The van der Waals surface area contributed by atoms with E-state index in [0.717, 1.165) is 24.4 Å². The highest BCUT2D eigenvalue weighted by Gasteiger charge is 2.28. The maximum Gasteiger partial charge on any atom is 0.246 e. The predicted octanol–water partition coefficient (Wildman–Crippen LogP) is 1.97. The van der Waals surface area contributed by atoms with Gasteiger partial charge in [0.15, 0.2) is 5.82 Å². The Kier molecular flexibility index (Phi) is 3.82. The average Bonchev–Trinajstić information content (AvgIpc) is 2.91. The first kappa shape index (κ1) is 14.9. The summed E-state index contributed by atoms with van der Waals surface area (Å²) in [5.41, 5.74) is 6.75. The van der Waals surface area contributed by atoms with E-state index in [4.69, 9.17) is 10.3 Å². The average molecular weight is 302 g/mol. The van der Waals surface area contributed by atoms with Gasteiger partial charge in [-0.3, -0.25) is 0 Å². The van der Waals surface area contributed by atoms with Crippen LogP contribution in [0.15, 0.2) is 16.9 Å². The molecule has 0 aromatic carbocycles. The van der Waals surface area contributed by atoms with Crippen LogP contribution in [0, 0.1) is 0 Å². The number of nitrogens with zero attached hydrogens (tertiary/aromatic N) is 4. The van der Waals surface area contributed by atoms with Gasteiger partial charge in [-0.15, -0.1) is 0 Å². The van der Waals surface area contributed by atoms with Crippen molar-refractivity contribution in [2.75, 3.05) is 5.32 Å². The van der Waals surface area contributed by atoms with Crippen LogP contribution < -0.4 is 11.1 Å². The van der Waals surface area contributed by atoms with Gasteiger partial charge < -0.3 is 15.6 Å². The van der Waals surface area contributed by atoms with E-state index in [9.17, 15) is 0 Å². The summed E-state index contributed by atoms with van der Waals surface area (Å²) in [5, 5.41) is 7.21. The minimum absolute atomic E-state index is 0.118. The molecule has 0 spiro atoms. The summed E-state index contributed by atoms with van der Waals surface area (Å²) < 4.78 is 5.25. The molecular formula is C15H22N6O. The van der Waals surface area contributed by atoms with Crippen molar-refractivity contribution in [3.8, 4) is 0 Å². The van der Waals surface area contributed by atoms with E-state index in [0.29, 0.717) is 30.2 Å². The van der Waals surface area contributed by atoms with E-state index < -0.39 is 0 Å². The molecule has 1 saturated carbocycles. The second kappa shape index (κ2) is 5.64. The first-order chi connectivity index (χ1) is 10.4. The Labute approximate surface area is 129 Å². The van der Waals surface area contributed by atoms with Gasteiger partial charge in [0.2, 0.25) is 5.89 Å². The third-order valence-electron chi connectivity index (χ3n) is 3.84. The zero-order chi connectivity index (χ0) is 15.7. The molecule has 2 aromatic heterocycles. The molecule has 7 nitrogen and oxygen atoms in total. The molecule has 3 rings (SSSR count). The van der Waals surface area contributed by atoms with E-state index in [1.165, 1.54) is 0 Å². The molecule has 2 aromatic rings. The number of rotatable bonds is 4. The van der Waals surface area contributed by atoms with Crippen LogP contribution in [-0.2, 0) is 12.0 Å². The maximum atomic E-state index is 5.83. The topological polar surface area (TPSA) is 103 Å². The van der Waals surface area contributed by atoms with Gasteiger partial charge >= 0.3 is 0 Å². The Morgan fingerprint density at radius 1 is 1.32 bits per heavy atom. The molecule has 0 unspecified atom stereocenters. The van der Waals surface area contributed by atoms with Gasteiger partial charge in [-0.05, 0) is 12.8 Å². The van der Waals surface area contributed by atoms with Gasteiger partial charge in [-0.1, -0.05) is 25.9 Å². The minimum Gasteiger partial charge on any atom is -0.361 e. The Balaban J connectivity index is 1.62. The first-order valence-corrected chi connectivity index (χ1v) is 7.56. The van der Waals surface area contributed by atoms with Gasteiger partial charge in [-0.25, -0.2) is 9.97 Å². The lowest BCUT2D eigenvalue weighted by molar-refractivity contribution is 0.345. The van der Waals surface area contributed by atoms with Crippen LogP contribution in [0.5, 0.6) is 0 Å². The fourth-order valence-electron chi connectivity index (χ4n) is 2.39. The smallest absolute Gasteiger partial charge is 0.246 e. The standard InChI is InChI=1S/C15H22N6O/c1-15(2,3)14-20-13(22-21-14)7-17-12-6-11(18-8-19-12)9-4-10(16)5-9/h6,8-10H,4-5,7,16H2,1-3H3,(H,17,18,19). The third kappa shape index (κ3) is 3.24. The van der Waals surface area contributed by atoms with Crippen molar-refractivity contribution in [1.29, 1.82) is 0 Å². The Morgan fingerprint density at radius 3 is 2.73 bits per heavy atom. The fourth-order valence-corrected chi connectivity index (χ4v) is 2.39. The molecule has 0 bridgehead atoms. The van der Waals surface area contributed by atoms with E-state index in [2.05, 4.69) is 46.2 Å². The molecule has 1 aliphatic carbocycles. The normalized spacial score (nSPS) is 21.5. The van der Waals surface area contributed by atoms with E-state index in [-0.39, 0.29) is 5.41 Å². The molecular weight excluding hydrogens is 280 g/mol. The van der Waals surface area contributed by atoms with Crippen LogP contribution in [0.3, 0.4) is 0 Å². The molecule has 7 heteroatoms. The Bertz CT molecular complexity index is 641. The summed E-state index contributed by atoms with van der Waals surface area (Å²) >= 11 is 0. The largest absolute Gasteiger partial charge is 0.361 e. The molecule has 0 atom stereocenters. The SMILES string of the molecule is CC(C)(C)c1noc(CNc2cc(C3CC(N)C3)ncn2)n1. The van der Waals surface area contributed by atoms with Crippen molar-refractivity contribution in [3.63, 3.8) is 0 Å². The lowest BCUT2D eigenvalue weighted by Gasteiger charge is -2.31. The van der Waals surface area contributed by atoms with E-state index in [1.54, 1.807) is 6.33 Å². The second-order valence-corrected chi connectivity index (χ2v) is 6.87. The molecule has 22 heavy (non-hydrogen) atoms. The lowest BCUT2D eigenvalue weighted by Crippen LogP contribution is -2.35. The molecule has 0 aliphatic heterocycles. The summed E-state index contributed by atoms with van der Waals surface area (Å²) in [4.78, 5) is 12.9. The third-order valence-corrected chi connectivity index (χ3v) is 3.84. The van der Waals surface area contributed by atoms with Crippen molar-refractivity contribution in [3.05, 3.63) is 29.8 Å². The molecule has 118 valence electrons. The van der Waals surface area contributed by atoms with Crippen LogP contribution in [0.4, 0.5) is 5.82 Å². The first-order valence-electron chi connectivity index (χ1n) is 7.56. The van der Waals surface area contributed by atoms with Crippen molar-refractivity contribution in [1.82, 2.24) is 20.1 Å². The molecule has 0 radical (unpaired) electrons. The monoisotopic (exact) mass is 302 g/mol. The second-order valence-electron chi connectivity index (χ2n) is 6.87. The minimum atomic E-state index is -0.118. The highest BCUT2D eigenvalue weighted by molar-refractivity contribution is 5.36. The van der Waals surface area contributed by atoms with Gasteiger partial charge in [0.05, 0.1) is 6.54 Å². The number of nitrogens with two attached hydrogens (primary N) is 1. The lowest BCUT2D eigenvalue weighted by atomic mass is 9.79. The van der Waals surface area contributed by atoms with Crippen LogP contribution >= 0.6 is 0 Å². The van der Waals surface area contributed by atoms with Gasteiger partial charge in [0, 0.05) is 29.1 Å². The summed E-state index contributed by atoms with van der Waals surface area (Å²) in [6.07, 6.45) is 3.57. The van der Waals surface area contributed by atoms with Crippen molar-refractivity contribution >= 4 is 5.82 Å². The highest BCUT2D eigenvalue weighted by atomic mass is 16.5. The number of anilines is 1. The number of nitrogens with one attached hydrogen (secondary N) is 1. The zero-order valence-corrected chi connectivity index (χ0v) is 13.2. The summed E-state index contributed by atoms with van der Waals surface area (Å²) in [5.74, 6) is 2.47.